The summed E-state index contributed by atoms with van der Waals surface area (Å²) in [5.74, 6) is 0.0391. The van der Waals surface area contributed by atoms with Crippen molar-refractivity contribution in [2.45, 2.75) is 13.0 Å². The Balaban J connectivity index is 1.51. The minimum atomic E-state index is -0.567. The van der Waals surface area contributed by atoms with Crippen LogP contribution >= 0.6 is 11.6 Å². The summed E-state index contributed by atoms with van der Waals surface area (Å²) in [5.41, 5.74) is 4.41. The van der Waals surface area contributed by atoms with E-state index in [1.54, 1.807) is 30.1 Å². The van der Waals surface area contributed by atoms with Gasteiger partial charge in [0.25, 0.3) is 0 Å². The molecule has 0 unspecified atom stereocenters. The number of aryl methyl sites for hydroxylation is 1. The third-order valence-corrected chi connectivity index (χ3v) is 5.89. The van der Waals surface area contributed by atoms with Gasteiger partial charge in [-0.3, -0.25) is 5.32 Å². The number of nitrogens with one attached hydrogen (secondary N) is 1. The van der Waals surface area contributed by atoms with E-state index in [-0.39, 0.29) is 0 Å². The summed E-state index contributed by atoms with van der Waals surface area (Å²) in [6.07, 6.45) is 0.665. The van der Waals surface area contributed by atoms with Crippen molar-refractivity contribution in [1.29, 1.82) is 0 Å². The second kappa shape index (κ2) is 10.4. The number of esters is 1. The van der Waals surface area contributed by atoms with E-state index in [2.05, 4.69) is 10.3 Å². The molecule has 178 valence electrons. The molecule has 1 N–H and O–H groups in total. The second-order valence-electron chi connectivity index (χ2n) is 7.90. The lowest BCUT2D eigenvalue weighted by Crippen LogP contribution is -2.18. The molecule has 0 bridgehead atoms. The van der Waals surface area contributed by atoms with Crippen molar-refractivity contribution < 1.29 is 19.1 Å². The van der Waals surface area contributed by atoms with Crippen LogP contribution in [0.1, 0.15) is 28.9 Å². The van der Waals surface area contributed by atoms with E-state index >= 15 is 0 Å². The van der Waals surface area contributed by atoms with Crippen LogP contribution in [0.3, 0.4) is 0 Å². The lowest BCUT2D eigenvalue weighted by molar-refractivity contribution is 0.0601. The Morgan fingerprint density at radius 2 is 1.63 bits per heavy atom. The van der Waals surface area contributed by atoms with Crippen LogP contribution in [-0.4, -0.2) is 28.7 Å². The van der Waals surface area contributed by atoms with Gasteiger partial charge in [-0.25, -0.2) is 14.6 Å². The fourth-order valence-electron chi connectivity index (χ4n) is 3.66. The lowest BCUT2D eigenvalue weighted by atomic mass is 10.0. The van der Waals surface area contributed by atoms with Gasteiger partial charge in [0, 0.05) is 12.6 Å². The van der Waals surface area contributed by atoms with Gasteiger partial charge in [0.1, 0.15) is 17.6 Å². The van der Waals surface area contributed by atoms with E-state index in [1.165, 1.54) is 7.11 Å². The normalized spacial score (nSPS) is 11.5. The first-order valence-electron chi connectivity index (χ1n) is 10.9. The highest BCUT2D eigenvalue weighted by Gasteiger charge is 2.18. The molecule has 0 saturated heterocycles. The summed E-state index contributed by atoms with van der Waals surface area (Å²) in [6, 6.07) is 22.4. The number of methoxy groups -OCH3 is 1. The predicted octanol–water partition coefficient (Wildman–Crippen LogP) is 6.50. The number of rotatable bonds is 6. The Hall–Kier alpha value is -4.10. The van der Waals surface area contributed by atoms with Gasteiger partial charge in [0.15, 0.2) is 0 Å². The molecule has 4 rings (SSSR count). The SMILES string of the molecule is COC(=O)c1ccc(-c2ccc(-c3ncn(C)c3NC(=O)O[C@H](C)c3ccccc3)cc2)cc1Cl. The average Bonchev–Trinajstić information content (AvgIpc) is 3.23. The number of ether oxygens (including phenoxy) is 2. The van der Waals surface area contributed by atoms with Crippen LogP contribution in [0, 0.1) is 0 Å². The number of nitrogens with zero attached hydrogens (tertiary/aromatic N) is 2. The highest BCUT2D eigenvalue weighted by Crippen LogP contribution is 2.31. The lowest BCUT2D eigenvalue weighted by Gasteiger charge is -2.15. The number of amides is 1. The molecule has 1 atom stereocenters. The number of benzene rings is 3. The first-order chi connectivity index (χ1) is 16.9. The van der Waals surface area contributed by atoms with E-state index in [0.29, 0.717) is 22.1 Å². The summed E-state index contributed by atoms with van der Waals surface area (Å²) in [7, 11) is 3.11. The minimum Gasteiger partial charge on any atom is -0.465 e. The van der Waals surface area contributed by atoms with E-state index in [4.69, 9.17) is 21.1 Å². The van der Waals surface area contributed by atoms with Gasteiger partial charge < -0.3 is 14.0 Å². The van der Waals surface area contributed by atoms with Crippen LogP contribution in [0.25, 0.3) is 22.4 Å². The summed E-state index contributed by atoms with van der Waals surface area (Å²) in [4.78, 5) is 28.8. The van der Waals surface area contributed by atoms with Crippen molar-refractivity contribution >= 4 is 29.5 Å². The first kappa shape index (κ1) is 24.0. The number of anilines is 1. The molecule has 7 nitrogen and oxygen atoms in total. The van der Waals surface area contributed by atoms with Crippen LogP contribution in [0.2, 0.25) is 5.02 Å². The Morgan fingerprint density at radius 1 is 0.971 bits per heavy atom. The van der Waals surface area contributed by atoms with Crippen molar-refractivity contribution in [1.82, 2.24) is 9.55 Å². The summed E-state index contributed by atoms with van der Waals surface area (Å²) < 4.78 is 12.0. The molecule has 0 radical (unpaired) electrons. The van der Waals surface area contributed by atoms with Crippen molar-refractivity contribution in [3.05, 3.63) is 95.3 Å². The summed E-state index contributed by atoms with van der Waals surface area (Å²) in [6.45, 7) is 1.82. The standard InChI is InChI=1S/C27H24ClN3O4/c1-17(18-7-5-4-6-8-18)35-27(33)30-25-24(29-16-31(25)2)20-11-9-19(10-12-20)21-13-14-22(23(28)15-21)26(32)34-3/h4-17H,1-3H3,(H,30,33)/t17-/m1/s1. The van der Waals surface area contributed by atoms with Crippen LogP contribution in [0.15, 0.2) is 79.1 Å². The van der Waals surface area contributed by atoms with Crippen molar-refractivity contribution in [3.8, 4) is 22.4 Å². The first-order valence-corrected chi connectivity index (χ1v) is 11.3. The van der Waals surface area contributed by atoms with E-state index in [0.717, 1.165) is 22.3 Å². The number of halogens is 1. The van der Waals surface area contributed by atoms with Gasteiger partial charge >= 0.3 is 12.1 Å². The molecule has 0 fully saturated rings. The molecule has 0 saturated carbocycles. The zero-order valence-corrected chi connectivity index (χ0v) is 20.2. The van der Waals surface area contributed by atoms with E-state index in [9.17, 15) is 9.59 Å². The maximum atomic E-state index is 12.6. The fraction of sp³-hybridized carbons (Fsp3) is 0.148. The minimum absolute atomic E-state index is 0.312. The summed E-state index contributed by atoms with van der Waals surface area (Å²) in [5, 5.41) is 3.13. The molecule has 4 aromatic rings. The van der Waals surface area contributed by atoms with Crippen LogP contribution < -0.4 is 5.32 Å². The molecule has 8 heteroatoms. The summed E-state index contributed by atoms with van der Waals surface area (Å²) >= 11 is 6.26. The molecule has 0 aliphatic heterocycles. The number of aromatic nitrogens is 2. The van der Waals surface area contributed by atoms with Gasteiger partial charge in [-0.05, 0) is 35.7 Å². The molecule has 1 amide bonds. The molecule has 1 heterocycles. The largest absolute Gasteiger partial charge is 0.465 e. The van der Waals surface area contributed by atoms with Crippen LogP contribution in [-0.2, 0) is 16.5 Å². The zero-order valence-electron chi connectivity index (χ0n) is 19.5. The molecular weight excluding hydrogens is 466 g/mol. The molecule has 0 aliphatic rings. The number of carbonyl (C=O) groups excluding carboxylic acids is 2. The second-order valence-corrected chi connectivity index (χ2v) is 8.31. The van der Waals surface area contributed by atoms with Gasteiger partial charge in [-0.1, -0.05) is 72.3 Å². The highest BCUT2D eigenvalue weighted by molar-refractivity contribution is 6.33. The monoisotopic (exact) mass is 489 g/mol. The van der Waals surface area contributed by atoms with E-state index < -0.39 is 18.2 Å². The quantitative estimate of drug-likeness (QED) is 0.312. The maximum absolute atomic E-state index is 12.6. The Kier molecular flexibility index (Phi) is 7.17. The van der Waals surface area contributed by atoms with Gasteiger partial charge in [0.05, 0.1) is 24.0 Å². The predicted molar refractivity (Wildman–Crippen MR) is 135 cm³/mol. The van der Waals surface area contributed by atoms with Crippen molar-refractivity contribution in [2.24, 2.45) is 7.05 Å². The molecule has 0 aliphatic carbocycles. The highest BCUT2D eigenvalue weighted by atomic mass is 35.5. The third-order valence-electron chi connectivity index (χ3n) is 5.58. The van der Waals surface area contributed by atoms with Crippen molar-refractivity contribution in [2.75, 3.05) is 12.4 Å². The number of hydrogen-bond acceptors (Lipinski definition) is 5. The molecular formula is C27H24ClN3O4. The third kappa shape index (κ3) is 5.36. The fourth-order valence-corrected chi connectivity index (χ4v) is 3.92. The van der Waals surface area contributed by atoms with Crippen LogP contribution in [0.4, 0.5) is 10.6 Å². The topological polar surface area (TPSA) is 82.5 Å². The van der Waals surface area contributed by atoms with Gasteiger partial charge in [-0.15, -0.1) is 0 Å². The molecule has 0 spiro atoms. The maximum Gasteiger partial charge on any atom is 0.413 e. The Morgan fingerprint density at radius 3 is 2.29 bits per heavy atom. The Bertz CT molecular complexity index is 1350. The number of imidazole rings is 1. The van der Waals surface area contributed by atoms with Gasteiger partial charge in [-0.2, -0.15) is 0 Å². The molecule has 35 heavy (non-hydrogen) atoms. The molecule has 3 aromatic carbocycles. The van der Waals surface area contributed by atoms with Gasteiger partial charge in [0.2, 0.25) is 0 Å². The average molecular weight is 490 g/mol. The zero-order chi connectivity index (χ0) is 24.9. The van der Waals surface area contributed by atoms with Crippen molar-refractivity contribution in [3.63, 3.8) is 0 Å². The smallest absolute Gasteiger partial charge is 0.413 e. The van der Waals surface area contributed by atoms with E-state index in [1.807, 2.05) is 67.6 Å². The van der Waals surface area contributed by atoms with Crippen LogP contribution in [0.5, 0.6) is 0 Å². The number of hydrogen-bond donors (Lipinski definition) is 1. The molecule has 1 aromatic heterocycles. The number of carbonyl (C=O) groups is 2. The Labute approximate surface area is 208 Å².